The van der Waals surface area contributed by atoms with Gasteiger partial charge in [0.25, 0.3) is 11.8 Å². The highest BCUT2D eigenvalue weighted by atomic mass is 35.5. The Balaban J connectivity index is 1.44. The smallest absolute Gasteiger partial charge is 0.265 e. The molecule has 0 saturated carbocycles. The van der Waals surface area contributed by atoms with Crippen LogP contribution in [0.2, 0.25) is 5.02 Å². The van der Waals surface area contributed by atoms with Crippen LogP contribution < -0.4 is 19.7 Å². The Morgan fingerprint density at radius 1 is 1.13 bits per heavy atom. The van der Waals surface area contributed by atoms with E-state index < -0.39 is 0 Å². The lowest BCUT2D eigenvalue weighted by Gasteiger charge is -2.29. The summed E-state index contributed by atoms with van der Waals surface area (Å²) in [6.07, 6.45) is 0. The van der Waals surface area contributed by atoms with Gasteiger partial charge >= 0.3 is 0 Å². The summed E-state index contributed by atoms with van der Waals surface area (Å²) in [5, 5.41) is 3.15. The molecule has 6 nitrogen and oxygen atoms in total. The number of fused-ring (bicyclic) bond motifs is 1. The van der Waals surface area contributed by atoms with Crippen LogP contribution in [0.1, 0.15) is 5.56 Å². The first kappa shape index (κ1) is 20.7. The van der Waals surface area contributed by atoms with Gasteiger partial charge in [-0.3, -0.25) is 9.59 Å². The second-order valence-corrected chi connectivity index (χ2v) is 7.25. The topological polar surface area (TPSA) is 67.9 Å². The number of anilines is 2. The van der Waals surface area contributed by atoms with Gasteiger partial charge in [-0.1, -0.05) is 35.9 Å². The highest BCUT2D eigenvalue weighted by molar-refractivity contribution is 6.32. The number of rotatable bonds is 6. The van der Waals surface area contributed by atoms with Crippen LogP contribution in [0.15, 0.2) is 66.7 Å². The minimum Gasteiger partial charge on any atom is -0.482 e. The van der Waals surface area contributed by atoms with Crippen LogP contribution in [0.25, 0.3) is 0 Å². The summed E-state index contributed by atoms with van der Waals surface area (Å²) in [5.41, 5.74) is 1.87. The molecule has 2 amide bonds. The maximum atomic E-state index is 13.2. The predicted octanol–water partition coefficient (Wildman–Crippen LogP) is 4.42. The van der Waals surface area contributed by atoms with Crippen molar-refractivity contribution in [2.75, 3.05) is 23.4 Å². The molecule has 0 saturated heterocycles. The van der Waals surface area contributed by atoms with Gasteiger partial charge in [-0.25, -0.2) is 4.39 Å². The second kappa shape index (κ2) is 9.06. The average Bonchev–Trinajstić information content (AvgIpc) is 2.76. The van der Waals surface area contributed by atoms with E-state index in [4.69, 9.17) is 21.1 Å². The molecule has 1 aliphatic rings. The summed E-state index contributed by atoms with van der Waals surface area (Å²) >= 11 is 6.01. The van der Waals surface area contributed by atoms with Gasteiger partial charge in [0.1, 0.15) is 17.3 Å². The Kier molecular flexibility index (Phi) is 6.04. The number of amides is 2. The molecule has 0 aromatic heterocycles. The van der Waals surface area contributed by atoms with Crippen molar-refractivity contribution in [2.24, 2.45) is 0 Å². The maximum absolute atomic E-state index is 13.2. The van der Waals surface area contributed by atoms with E-state index in [9.17, 15) is 14.0 Å². The molecule has 3 aromatic carbocycles. The molecule has 0 radical (unpaired) electrons. The first-order valence-corrected chi connectivity index (χ1v) is 9.86. The van der Waals surface area contributed by atoms with Gasteiger partial charge in [0.05, 0.1) is 17.3 Å². The molecule has 8 heteroatoms. The molecule has 0 fully saturated rings. The first-order valence-electron chi connectivity index (χ1n) is 9.48. The largest absolute Gasteiger partial charge is 0.482 e. The Labute approximate surface area is 183 Å². The zero-order valence-electron chi connectivity index (χ0n) is 16.3. The Morgan fingerprint density at radius 3 is 2.68 bits per heavy atom. The average molecular weight is 441 g/mol. The Hall–Kier alpha value is -3.58. The van der Waals surface area contributed by atoms with Crippen LogP contribution in [-0.2, 0) is 16.1 Å². The summed E-state index contributed by atoms with van der Waals surface area (Å²) in [6, 6.07) is 17.9. The quantitative estimate of drug-likeness (QED) is 0.616. The van der Waals surface area contributed by atoms with Crippen molar-refractivity contribution in [3.8, 4) is 11.5 Å². The predicted molar refractivity (Wildman–Crippen MR) is 115 cm³/mol. The summed E-state index contributed by atoms with van der Waals surface area (Å²) in [6.45, 7) is -0.0507. The van der Waals surface area contributed by atoms with Crippen molar-refractivity contribution < 1.29 is 23.5 Å². The van der Waals surface area contributed by atoms with Gasteiger partial charge in [0, 0.05) is 11.8 Å². The minimum absolute atomic E-state index is 0.124. The van der Waals surface area contributed by atoms with Crippen molar-refractivity contribution in [3.05, 3.63) is 83.1 Å². The minimum atomic E-state index is -0.366. The van der Waals surface area contributed by atoms with Crippen molar-refractivity contribution in [1.29, 1.82) is 0 Å². The fraction of sp³-hybridized carbons (Fsp3) is 0.130. The van der Waals surface area contributed by atoms with E-state index in [1.807, 2.05) is 0 Å². The van der Waals surface area contributed by atoms with Crippen molar-refractivity contribution >= 4 is 34.8 Å². The lowest BCUT2D eigenvalue weighted by Crippen LogP contribution is -2.38. The molecule has 1 N–H and O–H groups in total. The van der Waals surface area contributed by atoms with E-state index in [1.165, 1.54) is 12.1 Å². The van der Waals surface area contributed by atoms with E-state index >= 15 is 0 Å². The van der Waals surface area contributed by atoms with E-state index in [-0.39, 0.29) is 37.4 Å². The second-order valence-electron chi connectivity index (χ2n) is 6.84. The van der Waals surface area contributed by atoms with Crippen molar-refractivity contribution in [3.63, 3.8) is 0 Å². The van der Waals surface area contributed by atoms with Crippen LogP contribution in [0.5, 0.6) is 11.5 Å². The Morgan fingerprint density at radius 2 is 1.90 bits per heavy atom. The number of hydrogen-bond acceptors (Lipinski definition) is 4. The van der Waals surface area contributed by atoms with Gasteiger partial charge < -0.3 is 19.7 Å². The number of halogens is 2. The molecule has 1 aliphatic heterocycles. The van der Waals surface area contributed by atoms with E-state index in [0.717, 1.165) is 5.56 Å². The van der Waals surface area contributed by atoms with Crippen LogP contribution in [0, 0.1) is 5.82 Å². The maximum Gasteiger partial charge on any atom is 0.265 e. The van der Waals surface area contributed by atoms with Gasteiger partial charge in [0.2, 0.25) is 0 Å². The lowest BCUT2D eigenvalue weighted by atomic mass is 10.1. The SMILES string of the molecule is O=C(COc1ccccc1Cl)Nc1ccc2c(c1)OCC(=O)N2Cc1ccc(F)cc1. The summed E-state index contributed by atoms with van der Waals surface area (Å²) < 4.78 is 24.1. The highest BCUT2D eigenvalue weighted by Gasteiger charge is 2.26. The van der Waals surface area contributed by atoms with Gasteiger partial charge in [-0.05, 0) is 42.0 Å². The fourth-order valence-corrected chi connectivity index (χ4v) is 3.32. The molecule has 0 bridgehead atoms. The van der Waals surface area contributed by atoms with Gasteiger partial charge in [-0.15, -0.1) is 0 Å². The number of para-hydroxylation sites is 1. The zero-order chi connectivity index (χ0) is 21.8. The highest BCUT2D eigenvalue weighted by Crippen LogP contribution is 2.35. The number of hydrogen-bond donors (Lipinski definition) is 1. The number of benzene rings is 3. The first-order chi connectivity index (χ1) is 15.0. The van der Waals surface area contributed by atoms with Gasteiger partial charge in [0.15, 0.2) is 13.2 Å². The van der Waals surface area contributed by atoms with Crippen LogP contribution in [-0.4, -0.2) is 25.0 Å². The standard InChI is InChI=1S/C23H18ClFN2O4/c24-18-3-1-2-4-20(18)30-13-22(28)26-17-9-10-19-21(11-17)31-14-23(29)27(19)12-15-5-7-16(25)8-6-15/h1-11H,12-14H2,(H,26,28). The summed E-state index contributed by atoms with van der Waals surface area (Å²) in [5.74, 6) is -0.0254. The monoisotopic (exact) mass is 440 g/mol. The van der Waals surface area contributed by atoms with E-state index in [2.05, 4.69) is 5.32 Å². The molecule has 0 spiro atoms. The molecule has 31 heavy (non-hydrogen) atoms. The zero-order valence-corrected chi connectivity index (χ0v) is 17.1. The van der Waals surface area contributed by atoms with Crippen LogP contribution >= 0.6 is 11.6 Å². The van der Waals surface area contributed by atoms with Crippen LogP contribution in [0.4, 0.5) is 15.8 Å². The number of carbonyl (C=O) groups is 2. The molecule has 0 atom stereocenters. The molecular formula is C23H18ClFN2O4. The molecule has 0 unspecified atom stereocenters. The summed E-state index contributed by atoms with van der Waals surface area (Å²) in [4.78, 5) is 26.2. The third-order valence-corrected chi connectivity index (χ3v) is 4.95. The number of nitrogens with one attached hydrogen (secondary N) is 1. The molecule has 158 valence electrons. The normalized spacial score (nSPS) is 12.7. The van der Waals surface area contributed by atoms with E-state index in [0.29, 0.717) is 27.9 Å². The van der Waals surface area contributed by atoms with Gasteiger partial charge in [-0.2, -0.15) is 0 Å². The molecular weight excluding hydrogens is 423 g/mol. The Bertz CT molecular complexity index is 1120. The number of carbonyl (C=O) groups excluding carboxylic acids is 2. The van der Waals surface area contributed by atoms with Crippen LogP contribution in [0.3, 0.4) is 0 Å². The third-order valence-electron chi connectivity index (χ3n) is 4.64. The molecule has 4 rings (SSSR count). The summed E-state index contributed by atoms with van der Waals surface area (Å²) in [7, 11) is 0. The fourth-order valence-electron chi connectivity index (χ4n) is 3.13. The lowest BCUT2D eigenvalue weighted by molar-refractivity contribution is -0.121. The molecule has 1 heterocycles. The van der Waals surface area contributed by atoms with Crippen molar-refractivity contribution in [1.82, 2.24) is 0 Å². The van der Waals surface area contributed by atoms with E-state index in [1.54, 1.807) is 59.5 Å². The molecule has 3 aromatic rings. The third kappa shape index (κ3) is 4.95. The molecule has 0 aliphatic carbocycles. The van der Waals surface area contributed by atoms with Crippen molar-refractivity contribution in [2.45, 2.75) is 6.54 Å². The number of nitrogens with zero attached hydrogens (tertiary/aromatic N) is 1. The number of ether oxygens (including phenoxy) is 2.